The molecule has 0 bridgehead atoms. The SMILES string of the molecule is C=C[C@H]1[C@H](O[C@@H]2O[C@H](CO)[C@@H](O)[C@H](O)[C@H]2OC(=O)/C=C/c2ccc(O)cc2)OC=C2C(=O)OCC[C@]21O. The molecule has 5 N–H and O–H groups in total. The molecular formula is C25H28O12. The number of carbonyl (C=O) groups is 2. The van der Waals surface area contributed by atoms with Crippen LogP contribution < -0.4 is 0 Å². The molecule has 200 valence electrons. The van der Waals surface area contributed by atoms with Crippen molar-refractivity contribution in [1.82, 2.24) is 0 Å². The molecule has 1 aromatic carbocycles. The maximum Gasteiger partial charge on any atom is 0.340 e. The van der Waals surface area contributed by atoms with Crippen LogP contribution in [0.2, 0.25) is 0 Å². The molecule has 0 saturated carbocycles. The number of hydrogen-bond acceptors (Lipinski definition) is 12. The summed E-state index contributed by atoms with van der Waals surface area (Å²) >= 11 is 0. The molecule has 8 atom stereocenters. The monoisotopic (exact) mass is 520 g/mol. The van der Waals surface area contributed by atoms with Crippen LogP contribution in [0.1, 0.15) is 12.0 Å². The van der Waals surface area contributed by atoms with Crippen molar-refractivity contribution in [3.8, 4) is 5.75 Å². The molecule has 0 radical (unpaired) electrons. The number of aliphatic hydroxyl groups excluding tert-OH is 3. The van der Waals surface area contributed by atoms with Gasteiger partial charge in [0, 0.05) is 12.5 Å². The first kappa shape index (κ1) is 26.8. The van der Waals surface area contributed by atoms with Crippen LogP contribution in [0.4, 0.5) is 0 Å². The summed E-state index contributed by atoms with van der Waals surface area (Å²) in [6.45, 7) is 2.96. The molecule has 12 nitrogen and oxygen atoms in total. The highest BCUT2D eigenvalue weighted by molar-refractivity contribution is 5.91. The lowest BCUT2D eigenvalue weighted by Gasteiger charge is -2.47. The van der Waals surface area contributed by atoms with Crippen LogP contribution in [0.5, 0.6) is 5.75 Å². The second-order valence-electron chi connectivity index (χ2n) is 8.78. The average Bonchev–Trinajstić information content (AvgIpc) is 2.87. The molecule has 1 aromatic rings. The number of phenolic OH excluding ortho intramolecular Hbond substituents is 1. The highest BCUT2D eigenvalue weighted by Gasteiger charge is 2.55. The van der Waals surface area contributed by atoms with E-state index in [1.54, 1.807) is 12.1 Å². The van der Waals surface area contributed by atoms with Crippen molar-refractivity contribution in [2.24, 2.45) is 5.92 Å². The fraction of sp³-hybridized carbons (Fsp3) is 0.440. The van der Waals surface area contributed by atoms with E-state index in [4.69, 9.17) is 23.7 Å². The van der Waals surface area contributed by atoms with Gasteiger partial charge in [0.25, 0.3) is 0 Å². The van der Waals surface area contributed by atoms with E-state index in [9.17, 15) is 35.1 Å². The van der Waals surface area contributed by atoms with Crippen molar-refractivity contribution in [1.29, 1.82) is 0 Å². The smallest absolute Gasteiger partial charge is 0.340 e. The number of aliphatic hydroxyl groups is 4. The quantitative estimate of drug-likeness (QED) is 0.177. The van der Waals surface area contributed by atoms with E-state index in [2.05, 4.69) is 6.58 Å². The summed E-state index contributed by atoms with van der Waals surface area (Å²) in [7, 11) is 0. The third kappa shape index (κ3) is 5.39. The Bertz CT molecular complexity index is 1070. The number of carbonyl (C=O) groups excluding carboxylic acids is 2. The first-order chi connectivity index (χ1) is 17.7. The van der Waals surface area contributed by atoms with Gasteiger partial charge in [-0.15, -0.1) is 6.58 Å². The predicted octanol–water partition coefficient (Wildman–Crippen LogP) is -0.507. The van der Waals surface area contributed by atoms with Crippen molar-refractivity contribution in [2.75, 3.05) is 13.2 Å². The molecule has 37 heavy (non-hydrogen) atoms. The number of cyclic esters (lactones) is 1. The molecule has 0 unspecified atom stereocenters. The van der Waals surface area contributed by atoms with Crippen LogP contribution in [0.3, 0.4) is 0 Å². The normalized spacial score (nSPS) is 35.6. The van der Waals surface area contributed by atoms with Gasteiger partial charge >= 0.3 is 11.9 Å². The zero-order valence-corrected chi connectivity index (χ0v) is 19.6. The van der Waals surface area contributed by atoms with E-state index in [-0.39, 0.29) is 24.4 Å². The van der Waals surface area contributed by atoms with Gasteiger partial charge in [-0.3, -0.25) is 0 Å². The summed E-state index contributed by atoms with van der Waals surface area (Å²) in [6, 6.07) is 5.98. The molecule has 0 amide bonds. The third-order valence-corrected chi connectivity index (χ3v) is 6.47. The fourth-order valence-electron chi connectivity index (χ4n) is 4.40. The number of rotatable bonds is 7. The van der Waals surface area contributed by atoms with Gasteiger partial charge in [0.05, 0.1) is 25.4 Å². The van der Waals surface area contributed by atoms with Gasteiger partial charge in [-0.05, 0) is 23.8 Å². The highest BCUT2D eigenvalue weighted by atomic mass is 16.8. The molecule has 3 aliphatic rings. The second-order valence-corrected chi connectivity index (χ2v) is 8.78. The Morgan fingerprint density at radius 2 is 1.92 bits per heavy atom. The number of benzene rings is 1. The maximum absolute atomic E-state index is 12.5. The molecule has 0 spiro atoms. The van der Waals surface area contributed by atoms with E-state index in [1.165, 1.54) is 24.3 Å². The van der Waals surface area contributed by atoms with Crippen molar-refractivity contribution in [3.63, 3.8) is 0 Å². The Balaban J connectivity index is 1.54. The number of aromatic hydroxyl groups is 1. The summed E-state index contributed by atoms with van der Waals surface area (Å²) in [4.78, 5) is 24.6. The van der Waals surface area contributed by atoms with Crippen molar-refractivity contribution < 1.29 is 58.8 Å². The van der Waals surface area contributed by atoms with E-state index < -0.39 is 67.1 Å². The van der Waals surface area contributed by atoms with Gasteiger partial charge < -0.3 is 49.2 Å². The summed E-state index contributed by atoms with van der Waals surface area (Å²) in [5.74, 6) is -2.61. The molecular weight excluding hydrogens is 492 g/mol. The van der Waals surface area contributed by atoms with Crippen LogP contribution in [0.25, 0.3) is 6.08 Å². The number of hydrogen-bond donors (Lipinski definition) is 5. The van der Waals surface area contributed by atoms with Crippen LogP contribution in [-0.2, 0) is 33.3 Å². The summed E-state index contributed by atoms with van der Waals surface area (Å²) in [5.41, 5.74) is -1.25. The summed E-state index contributed by atoms with van der Waals surface area (Å²) in [5, 5.41) is 51.2. The Labute approximate surface area is 211 Å². The van der Waals surface area contributed by atoms with E-state index >= 15 is 0 Å². The molecule has 3 heterocycles. The Morgan fingerprint density at radius 1 is 1.19 bits per heavy atom. The topological polar surface area (TPSA) is 181 Å². The van der Waals surface area contributed by atoms with E-state index in [0.29, 0.717) is 5.56 Å². The van der Waals surface area contributed by atoms with Gasteiger partial charge in [-0.1, -0.05) is 18.2 Å². The van der Waals surface area contributed by atoms with Crippen LogP contribution in [0, 0.1) is 5.92 Å². The third-order valence-electron chi connectivity index (χ3n) is 6.47. The minimum absolute atomic E-state index is 0.0388. The fourth-order valence-corrected chi connectivity index (χ4v) is 4.40. The summed E-state index contributed by atoms with van der Waals surface area (Å²) in [6.07, 6.45) is -4.20. The Kier molecular flexibility index (Phi) is 7.97. The molecule has 2 fully saturated rings. The lowest BCUT2D eigenvalue weighted by Crippen LogP contribution is -2.62. The maximum atomic E-state index is 12.5. The van der Waals surface area contributed by atoms with Gasteiger partial charge in [0.2, 0.25) is 12.6 Å². The van der Waals surface area contributed by atoms with E-state index in [0.717, 1.165) is 12.3 Å². The standard InChI is InChI=1S/C25H28O12/c1-2-15-23(34-12-16-22(31)33-10-9-25(15,16)32)37-24-21(20(30)19(29)17(11-26)35-24)36-18(28)8-5-13-3-6-14(27)7-4-13/h2-8,12,15,17,19-21,23-24,26-27,29-30,32H,1,9-11H2/b8-5+/t15-,17+,19+,20-,21+,23-,24-,25+/m0/s1. The van der Waals surface area contributed by atoms with Crippen LogP contribution >= 0.6 is 0 Å². The van der Waals surface area contributed by atoms with Gasteiger partial charge in [-0.25, -0.2) is 9.59 Å². The zero-order chi connectivity index (χ0) is 26.7. The highest BCUT2D eigenvalue weighted by Crippen LogP contribution is 2.42. The number of ether oxygens (including phenoxy) is 5. The predicted molar refractivity (Wildman–Crippen MR) is 123 cm³/mol. The molecule has 4 rings (SSSR count). The second kappa shape index (κ2) is 11.0. The van der Waals surface area contributed by atoms with Gasteiger partial charge in [0.15, 0.2) is 6.10 Å². The van der Waals surface area contributed by atoms with Crippen LogP contribution in [0.15, 0.2) is 54.8 Å². The molecule has 0 aromatic heterocycles. The lowest BCUT2D eigenvalue weighted by molar-refractivity contribution is -0.344. The molecule has 12 heteroatoms. The Morgan fingerprint density at radius 3 is 2.59 bits per heavy atom. The van der Waals surface area contributed by atoms with Crippen molar-refractivity contribution in [2.45, 2.75) is 49.0 Å². The molecule has 0 aliphatic carbocycles. The number of phenols is 1. The largest absolute Gasteiger partial charge is 0.508 e. The summed E-state index contributed by atoms with van der Waals surface area (Å²) < 4.78 is 27.2. The lowest BCUT2D eigenvalue weighted by atomic mass is 9.76. The first-order valence-electron chi connectivity index (χ1n) is 11.5. The molecule has 2 saturated heterocycles. The van der Waals surface area contributed by atoms with Crippen molar-refractivity contribution >= 4 is 18.0 Å². The van der Waals surface area contributed by atoms with Crippen LogP contribution in [-0.4, -0.2) is 93.3 Å². The van der Waals surface area contributed by atoms with Crippen molar-refractivity contribution in [3.05, 3.63) is 60.4 Å². The zero-order valence-electron chi connectivity index (χ0n) is 19.6. The average molecular weight is 520 g/mol. The number of fused-ring (bicyclic) bond motifs is 1. The minimum Gasteiger partial charge on any atom is -0.508 e. The minimum atomic E-state index is -1.72. The molecule has 3 aliphatic heterocycles. The van der Waals surface area contributed by atoms with Gasteiger partial charge in [0.1, 0.15) is 35.2 Å². The Hall–Kier alpha value is -3.26. The van der Waals surface area contributed by atoms with E-state index in [1.807, 2.05) is 0 Å². The first-order valence-corrected chi connectivity index (χ1v) is 11.5. The van der Waals surface area contributed by atoms with Gasteiger partial charge in [-0.2, -0.15) is 0 Å². The number of esters is 2.